The number of benzene rings is 2. The Balaban J connectivity index is 1.70. The van der Waals surface area contributed by atoms with Crippen molar-refractivity contribution in [2.45, 2.75) is 12.8 Å². The second-order valence-corrected chi connectivity index (χ2v) is 6.07. The number of amides is 1. The molecular formula is C22H19N3O3. The van der Waals surface area contributed by atoms with E-state index in [0.717, 1.165) is 5.56 Å². The molecule has 0 bridgehead atoms. The van der Waals surface area contributed by atoms with Crippen LogP contribution in [0.5, 0.6) is 5.75 Å². The van der Waals surface area contributed by atoms with Crippen LogP contribution in [0.15, 0.2) is 71.5 Å². The molecule has 6 nitrogen and oxygen atoms in total. The van der Waals surface area contributed by atoms with Crippen LogP contribution in [-0.4, -0.2) is 17.5 Å². The zero-order chi connectivity index (χ0) is 19.8. The summed E-state index contributed by atoms with van der Waals surface area (Å²) in [5, 5.41) is 11.2. The Morgan fingerprint density at radius 1 is 1.07 bits per heavy atom. The summed E-state index contributed by atoms with van der Waals surface area (Å²) < 4.78 is 5.55. The molecule has 140 valence electrons. The molecule has 2 N–H and O–H groups in total. The van der Waals surface area contributed by atoms with Crippen molar-refractivity contribution in [2.24, 2.45) is 0 Å². The Hall–Kier alpha value is -3.85. The van der Waals surface area contributed by atoms with E-state index in [1.54, 1.807) is 30.3 Å². The van der Waals surface area contributed by atoms with Gasteiger partial charge in [0.2, 0.25) is 0 Å². The number of nitriles is 1. The third kappa shape index (κ3) is 4.86. The Labute approximate surface area is 162 Å². The number of carbonyl (C=O) groups excluding carboxylic acids is 1. The van der Waals surface area contributed by atoms with Crippen LogP contribution in [0, 0.1) is 11.3 Å². The normalized spacial score (nSPS) is 10.1. The highest BCUT2D eigenvalue weighted by Gasteiger charge is 2.12. The van der Waals surface area contributed by atoms with Gasteiger partial charge in [-0.2, -0.15) is 5.26 Å². The molecular weight excluding hydrogens is 354 g/mol. The number of aromatic amines is 1. The number of aromatic nitrogens is 1. The number of H-pyrrole nitrogens is 1. The number of pyridine rings is 1. The van der Waals surface area contributed by atoms with Crippen LogP contribution >= 0.6 is 0 Å². The summed E-state index contributed by atoms with van der Waals surface area (Å²) in [6, 6.07) is 21.6. The summed E-state index contributed by atoms with van der Waals surface area (Å²) in [7, 11) is 0. The van der Waals surface area contributed by atoms with Crippen LogP contribution in [-0.2, 0) is 0 Å². The molecule has 0 aliphatic carbocycles. The van der Waals surface area contributed by atoms with Crippen molar-refractivity contribution in [1.82, 2.24) is 4.98 Å². The van der Waals surface area contributed by atoms with Crippen LogP contribution in [0.3, 0.4) is 0 Å². The average Bonchev–Trinajstić information content (AvgIpc) is 2.72. The highest BCUT2D eigenvalue weighted by Crippen LogP contribution is 2.19. The van der Waals surface area contributed by atoms with Gasteiger partial charge in [0.05, 0.1) is 12.7 Å². The van der Waals surface area contributed by atoms with Crippen LogP contribution in [0.1, 0.15) is 23.2 Å². The number of nitrogens with one attached hydrogen (secondary N) is 2. The lowest BCUT2D eigenvalue weighted by Crippen LogP contribution is -2.23. The van der Waals surface area contributed by atoms with Crippen molar-refractivity contribution >= 4 is 11.6 Å². The molecule has 28 heavy (non-hydrogen) atoms. The predicted octanol–water partition coefficient (Wildman–Crippen LogP) is 3.98. The minimum atomic E-state index is -0.498. The molecule has 6 heteroatoms. The van der Waals surface area contributed by atoms with Gasteiger partial charge in [0.25, 0.3) is 11.5 Å². The van der Waals surface area contributed by atoms with E-state index in [1.807, 2.05) is 30.3 Å². The molecule has 0 aliphatic heterocycles. The number of anilines is 1. The predicted molar refractivity (Wildman–Crippen MR) is 107 cm³/mol. The first-order valence-corrected chi connectivity index (χ1v) is 8.87. The summed E-state index contributed by atoms with van der Waals surface area (Å²) in [6.45, 7) is 0.422. The van der Waals surface area contributed by atoms with Gasteiger partial charge in [0.15, 0.2) is 0 Å². The molecule has 0 saturated carbocycles. The molecule has 0 unspecified atom stereocenters. The molecule has 1 amide bonds. The van der Waals surface area contributed by atoms with Gasteiger partial charge < -0.3 is 15.0 Å². The van der Waals surface area contributed by atoms with E-state index in [9.17, 15) is 9.59 Å². The van der Waals surface area contributed by atoms with E-state index in [4.69, 9.17) is 10.00 Å². The molecule has 0 aliphatic rings. The zero-order valence-corrected chi connectivity index (χ0v) is 15.1. The lowest BCUT2D eigenvalue weighted by molar-refractivity contribution is 0.102. The number of unbranched alkanes of at least 4 members (excludes halogenated alkanes) is 1. The molecule has 0 spiro atoms. The molecule has 0 saturated heterocycles. The van der Waals surface area contributed by atoms with Crippen molar-refractivity contribution in [2.75, 3.05) is 11.9 Å². The molecule has 1 heterocycles. The number of hydrogen-bond donors (Lipinski definition) is 2. The Kier molecular flexibility index (Phi) is 6.21. The van der Waals surface area contributed by atoms with Gasteiger partial charge in [0, 0.05) is 23.9 Å². The van der Waals surface area contributed by atoms with Gasteiger partial charge in [-0.15, -0.1) is 0 Å². The van der Waals surface area contributed by atoms with Crippen molar-refractivity contribution in [3.05, 3.63) is 82.6 Å². The van der Waals surface area contributed by atoms with Gasteiger partial charge in [0.1, 0.15) is 11.3 Å². The summed E-state index contributed by atoms with van der Waals surface area (Å²) in [6.07, 6.45) is 1.06. The number of nitrogens with zero attached hydrogens (tertiary/aromatic N) is 1. The van der Waals surface area contributed by atoms with E-state index >= 15 is 0 Å². The fourth-order valence-corrected chi connectivity index (χ4v) is 2.64. The van der Waals surface area contributed by atoms with Crippen LogP contribution in [0.2, 0.25) is 0 Å². The largest absolute Gasteiger partial charge is 0.493 e. The number of carbonyl (C=O) groups is 1. The minimum absolute atomic E-state index is 0.0278. The summed E-state index contributed by atoms with van der Waals surface area (Å²) in [5.41, 5.74) is 1.61. The highest BCUT2D eigenvalue weighted by molar-refractivity contribution is 6.04. The molecule has 0 fully saturated rings. The maximum Gasteiger partial charge on any atom is 0.261 e. The van der Waals surface area contributed by atoms with Gasteiger partial charge in [-0.1, -0.05) is 36.4 Å². The summed E-state index contributed by atoms with van der Waals surface area (Å²) >= 11 is 0. The number of rotatable bonds is 7. The smallest absolute Gasteiger partial charge is 0.261 e. The first-order chi connectivity index (χ1) is 13.7. The quantitative estimate of drug-likeness (QED) is 0.613. The monoisotopic (exact) mass is 373 g/mol. The first-order valence-electron chi connectivity index (χ1n) is 8.87. The minimum Gasteiger partial charge on any atom is -0.493 e. The van der Waals surface area contributed by atoms with E-state index in [2.05, 4.69) is 16.4 Å². The highest BCUT2D eigenvalue weighted by atomic mass is 16.5. The standard InChI is InChI=1S/C22H19N3O3/c23-13-4-5-14-28-18-10-6-9-17(15-18)24-21(26)19-11-12-20(25-22(19)27)16-7-2-1-3-8-16/h1-3,6-12,15H,4-5,14H2,(H,24,26)(H,25,27). The summed E-state index contributed by atoms with van der Waals surface area (Å²) in [5.74, 6) is 0.0894. The molecule has 0 radical (unpaired) electrons. The maximum absolute atomic E-state index is 12.5. The topological polar surface area (TPSA) is 95.0 Å². The van der Waals surface area contributed by atoms with Crippen LogP contribution in [0.25, 0.3) is 11.3 Å². The fourth-order valence-electron chi connectivity index (χ4n) is 2.64. The van der Waals surface area contributed by atoms with Crippen molar-refractivity contribution in [1.29, 1.82) is 5.26 Å². The van der Waals surface area contributed by atoms with E-state index in [-0.39, 0.29) is 5.56 Å². The zero-order valence-electron chi connectivity index (χ0n) is 15.1. The fraction of sp³-hybridized carbons (Fsp3) is 0.136. The first kappa shape index (κ1) is 18.9. The third-order valence-corrected chi connectivity index (χ3v) is 4.03. The second-order valence-electron chi connectivity index (χ2n) is 6.07. The van der Waals surface area contributed by atoms with Gasteiger partial charge in [-0.3, -0.25) is 9.59 Å². The Morgan fingerprint density at radius 3 is 2.64 bits per heavy atom. The third-order valence-electron chi connectivity index (χ3n) is 4.03. The van der Waals surface area contributed by atoms with Crippen LogP contribution < -0.4 is 15.6 Å². The van der Waals surface area contributed by atoms with Crippen LogP contribution in [0.4, 0.5) is 5.69 Å². The molecule has 0 atom stereocenters. The van der Waals surface area contributed by atoms with Gasteiger partial charge in [-0.05, 0) is 36.2 Å². The van der Waals surface area contributed by atoms with E-state index in [0.29, 0.717) is 36.6 Å². The Bertz CT molecular complexity index is 1050. The molecule has 3 rings (SSSR count). The van der Waals surface area contributed by atoms with Gasteiger partial charge >= 0.3 is 0 Å². The van der Waals surface area contributed by atoms with E-state index in [1.165, 1.54) is 6.07 Å². The summed E-state index contributed by atoms with van der Waals surface area (Å²) in [4.78, 5) is 27.6. The average molecular weight is 373 g/mol. The van der Waals surface area contributed by atoms with Crippen molar-refractivity contribution in [3.8, 4) is 23.1 Å². The van der Waals surface area contributed by atoms with E-state index < -0.39 is 11.5 Å². The lowest BCUT2D eigenvalue weighted by Gasteiger charge is -2.09. The number of hydrogen-bond acceptors (Lipinski definition) is 4. The number of ether oxygens (including phenoxy) is 1. The van der Waals surface area contributed by atoms with Crippen molar-refractivity contribution in [3.63, 3.8) is 0 Å². The van der Waals surface area contributed by atoms with Crippen molar-refractivity contribution < 1.29 is 9.53 Å². The SMILES string of the molecule is N#CCCCOc1cccc(NC(=O)c2ccc(-c3ccccc3)[nH]c2=O)c1. The lowest BCUT2D eigenvalue weighted by atomic mass is 10.1. The molecule has 2 aromatic carbocycles. The maximum atomic E-state index is 12.5. The Morgan fingerprint density at radius 2 is 1.89 bits per heavy atom. The second kappa shape index (κ2) is 9.19. The van der Waals surface area contributed by atoms with Gasteiger partial charge in [-0.25, -0.2) is 0 Å². The molecule has 3 aromatic rings. The molecule has 1 aromatic heterocycles.